The largest absolute Gasteiger partial charge is 0.351 e. The summed E-state index contributed by atoms with van der Waals surface area (Å²) in [5.41, 5.74) is 6.92. The van der Waals surface area contributed by atoms with Crippen LogP contribution in [-0.2, 0) is 11.3 Å². The van der Waals surface area contributed by atoms with Crippen molar-refractivity contribution in [1.29, 1.82) is 0 Å². The first-order valence-electron chi connectivity index (χ1n) is 9.35. The number of carbonyl (C=O) groups excluding carboxylic acids is 2. The molecule has 0 radical (unpaired) electrons. The SMILES string of the molecule is CC(C)C(Sc1nnc(-c2ccccc2Cl)n1Cc1ccccc1)C(=O)NC(N)=O. The second kappa shape index (κ2) is 9.77. The Morgan fingerprint density at radius 3 is 2.40 bits per heavy atom. The Morgan fingerprint density at radius 2 is 1.77 bits per heavy atom. The topological polar surface area (TPSA) is 103 Å². The number of nitrogens with two attached hydrogens (primary N) is 1. The van der Waals surface area contributed by atoms with E-state index in [-0.39, 0.29) is 5.92 Å². The highest BCUT2D eigenvalue weighted by Gasteiger charge is 2.28. The Kier molecular flexibility index (Phi) is 7.12. The monoisotopic (exact) mass is 443 g/mol. The summed E-state index contributed by atoms with van der Waals surface area (Å²) in [7, 11) is 0. The van der Waals surface area contributed by atoms with E-state index in [0.717, 1.165) is 11.1 Å². The highest BCUT2D eigenvalue weighted by Crippen LogP contribution is 2.33. The zero-order valence-corrected chi connectivity index (χ0v) is 18.2. The summed E-state index contributed by atoms with van der Waals surface area (Å²) in [6.45, 7) is 4.29. The van der Waals surface area contributed by atoms with Gasteiger partial charge in [-0.1, -0.05) is 79.7 Å². The summed E-state index contributed by atoms with van der Waals surface area (Å²) < 4.78 is 1.92. The third kappa shape index (κ3) is 5.20. The molecule has 0 aliphatic heterocycles. The van der Waals surface area contributed by atoms with Crippen LogP contribution in [-0.4, -0.2) is 32.0 Å². The lowest BCUT2D eigenvalue weighted by molar-refractivity contribution is -0.120. The van der Waals surface area contributed by atoms with E-state index in [1.54, 1.807) is 6.07 Å². The molecular formula is C21H22ClN5O2S. The minimum absolute atomic E-state index is 0.0695. The number of halogens is 1. The lowest BCUT2D eigenvalue weighted by atomic mass is 10.1. The van der Waals surface area contributed by atoms with Gasteiger partial charge in [0.05, 0.1) is 16.8 Å². The zero-order chi connectivity index (χ0) is 21.7. The van der Waals surface area contributed by atoms with E-state index < -0.39 is 17.2 Å². The number of thioether (sulfide) groups is 1. The Labute approximate surface area is 184 Å². The number of carbonyl (C=O) groups is 2. The Balaban J connectivity index is 2.02. The second-order valence-corrected chi connectivity index (χ2v) is 8.51. The van der Waals surface area contributed by atoms with Crippen molar-refractivity contribution in [3.05, 3.63) is 65.2 Å². The lowest BCUT2D eigenvalue weighted by Gasteiger charge is -2.19. The van der Waals surface area contributed by atoms with Gasteiger partial charge < -0.3 is 5.73 Å². The minimum atomic E-state index is -0.881. The Morgan fingerprint density at radius 1 is 1.10 bits per heavy atom. The molecule has 1 heterocycles. The van der Waals surface area contributed by atoms with Crippen molar-refractivity contribution in [1.82, 2.24) is 20.1 Å². The molecule has 3 aromatic rings. The number of rotatable bonds is 7. The van der Waals surface area contributed by atoms with Crippen molar-refractivity contribution in [2.24, 2.45) is 11.7 Å². The number of amides is 3. The molecule has 1 atom stereocenters. The molecule has 7 nitrogen and oxygen atoms in total. The van der Waals surface area contributed by atoms with Crippen LogP contribution in [0.2, 0.25) is 5.02 Å². The summed E-state index contributed by atoms with van der Waals surface area (Å²) in [5.74, 6) is 0.0702. The van der Waals surface area contributed by atoms with Crippen molar-refractivity contribution in [3.8, 4) is 11.4 Å². The van der Waals surface area contributed by atoms with E-state index in [4.69, 9.17) is 17.3 Å². The van der Waals surface area contributed by atoms with Crippen molar-refractivity contribution in [2.75, 3.05) is 0 Å². The Bertz CT molecular complexity index is 1040. The van der Waals surface area contributed by atoms with Gasteiger partial charge in [0, 0.05) is 5.56 Å². The maximum atomic E-state index is 12.5. The maximum Gasteiger partial charge on any atom is 0.318 e. The second-order valence-electron chi connectivity index (χ2n) is 6.99. The molecule has 2 aromatic carbocycles. The fraction of sp³-hybridized carbons (Fsp3) is 0.238. The number of primary amides is 1. The number of imide groups is 1. The first-order valence-corrected chi connectivity index (χ1v) is 10.6. The van der Waals surface area contributed by atoms with Crippen LogP contribution in [0.25, 0.3) is 11.4 Å². The van der Waals surface area contributed by atoms with Gasteiger partial charge in [0.1, 0.15) is 0 Å². The van der Waals surface area contributed by atoms with Crippen molar-refractivity contribution >= 4 is 35.3 Å². The van der Waals surface area contributed by atoms with Gasteiger partial charge in [-0.05, 0) is 23.6 Å². The molecule has 1 aromatic heterocycles. The fourth-order valence-electron chi connectivity index (χ4n) is 2.92. The fourth-order valence-corrected chi connectivity index (χ4v) is 4.18. The average molecular weight is 444 g/mol. The van der Waals surface area contributed by atoms with Gasteiger partial charge >= 0.3 is 6.03 Å². The molecule has 3 N–H and O–H groups in total. The third-order valence-corrected chi connectivity index (χ3v) is 6.21. The van der Waals surface area contributed by atoms with Crippen molar-refractivity contribution < 1.29 is 9.59 Å². The molecule has 3 amide bonds. The summed E-state index contributed by atoms with van der Waals surface area (Å²) in [6.07, 6.45) is 0. The molecule has 0 bridgehead atoms. The molecule has 1 unspecified atom stereocenters. The van der Waals surface area contributed by atoms with Crippen LogP contribution in [0.1, 0.15) is 19.4 Å². The minimum Gasteiger partial charge on any atom is -0.351 e. The van der Waals surface area contributed by atoms with Crippen LogP contribution in [0.4, 0.5) is 4.79 Å². The number of benzene rings is 2. The van der Waals surface area contributed by atoms with Crippen LogP contribution >= 0.6 is 23.4 Å². The van der Waals surface area contributed by atoms with Gasteiger partial charge in [0.15, 0.2) is 11.0 Å². The smallest absolute Gasteiger partial charge is 0.318 e. The number of nitrogens with one attached hydrogen (secondary N) is 1. The standard InChI is InChI=1S/C21H22ClN5O2S/c1-13(2)17(19(28)24-20(23)29)30-21-26-25-18(15-10-6-7-11-16(15)22)27(21)12-14-8-4-3-5-9-14/h3-11,13,17H,12H2,1-2H3,(H3,23,24,28,29). The molecule has 3 rings (SSSR count). The summed E-state index contributed by atoms with van der Waals surface area (Å²) in [6, 6.07) is 16.4. The lowest BCUT2D eigenvalue weighted by Crippen LogP contribution is -2.42. The molecular weight excluding hydrogens is 422 g/mol. The number of nitrogens with zero attached hydrogens (tertiary/aromatic N) is 3. The van der Waals surface area contributed by atoms with Gasteiger partial charge in [-0.15, -0.1) is 10.2 Å². The quantitative estimate of drug-likeness (QED) is 0.538. The molecule has 156 valence electrons. The molecule has 0 fully saturated rings. The third-order valence-electron chi connectivity index (χ3n) is 4.36. The molecule has 0 spiro atoms. The molecule has 0 saturated heterocycles. The highest BCUT2D eigenvalue weighted by molar-refractivity contribution is 8.00. The first-order chi connectivity index (χ1) is 14.4. The number of urea groups is 1. The normalized spacial score (nSPS) is 12.0. The highest BCUT2D eigenvalue weighted by atomic mass is 35.5. The summed E-state index contributed by atoms with van der Waals surface area (Å²) >= 11 is 7.64. The van der Waals surface area contributed by atoms with E-state index in [2.05, 4.69) is 15.5 Å². The number of hydrogen-bond donors (Lipinski definition) is 2. The van der Waals surface area contributed by atoms with Crippen LogP contribution in [0.15, 0.2) is 59.8 Å². The maximum absolute atomic E-state index is 12.5. The van der Waals surface area contributed by atoms with Crippen molar-refractivity contribution in [3.63, 3.8) is 0 Å². The van der Waals surface area contributed by atoms with E-state index in [0.29, 0.717) is 22.5 Å². The number of hydrogen-bond acceptors (Lipinski definition) is 5. The summed E-state index contributed by atoms with van der Waals surface area (Å²) in [5, 5.41) is 11.4. The van der Waals surface area contributed by atoms with Gasteiger partial charge in [-0.3, -0.25) is 14.7 Å². The van der Waals surface area contributed by atoms with Gasteiger partial charge in [0.25, 0.3) is 0 Å². The molecule has 9 heteroatoms. The molecule has 0 aliphatic rings. The van der Waals surface area contributed by atoms with E-state index >= 15 is 0 Å². The van der Waals surface area contributed by atoms with Crippen LogP contribution in [0.5, 0.6) is 0 Å². The predicted octanol–water partition coefficient (Wildman–Crippen LogP) is 3.96. The van der Waals surface area contributed by atoms with Gasteiger partial charge in [-0.2, -0.15) is 0 Å². The summed E-state index contributed by atoms with van der Waals surface area (Å²) in [4.78, 5) is 23.6. The predicted molar refractivity (Wildman–Crippen MR) is 118 cm³/mol. The van der Waals surface area contributed by atoms with E-state index in [9.17, 15) is 9.59 Å². The Hall–Kier alpha value is -2.84. The van der Waals surface area contributed by atoms with Crippen molar-refractivity contribution in [2.45, 2.75) is 30.8 Å². The number of aromatic nitrogens is 3. The van der Waals surface area contributed by atoms with Crippen LogP contribution in [0, 0.1) is 5.92 Å². The molecule has 30 heavy (non-hydrogen) atoms. The van der Waals surface area contributed by atoms with Gasteiger partial charge in [-0.25, -0.2) is 4.79 Å². The van der Waals surface area contributed by atoms with E-state index in [1.165, 1.54) is 11.8 Å². The van der Waals surface area contributed by atoms with E-state index in [1.807, 2.05) is 66.9 Å². The van der Waals surface area contributed by atoms with Crippen LogP contribution in [0.3, 0.4) is 0 Å². The average Bonchev–Trinajstić information content (AvgIpc) is 3.08. The van der Waals surface area contributed by atoms with Gasteiger partial charge in [0.2, 0.25) is 5.91 Å². The zero-order valence-electron chi connectivity index (χ0n) is 16.6. The molecule has 0 aliphatic carbocycles. The first kappa shape index (κ1) is 21.9. The molecule has 0 saturated carbocycles. The van der Waals surface area contributed by atoms with Crippen LogP contribution < -0.4 is 11.1 Å².